The second-order valence-corrected chi connectivity index (χ2v) is 5.91. The number of benzene rings is 1. The number of nitrogens with one attached hydrogen (secondary N) is 1. The molecule has 0 heterocycles. The molecule has 0 aliphatic heterocycles. The number of aryl methyl sites for hydroxylation is 1. The van der Waals surface area contributed by atoms with Gasteiger partial charge in [0, 0.05) is 16.6 Å². The third kappa shape index (κ3) is 3.82. The van der Waals surface area contributed by atoms with Gasteiger partial charge in [0.15, 0.2) is 0 Å². The lowest BCUT2D eigenvalue weighted by atomic mass is 9.82. The van der Waals surface area contributed by atoms with Crippen molar-refractivity contribution in [1.29, 1.82) is 0 Å². The van der Waals surface area contributed by atoms with Crippen molar-refractivity contribution in [2.24, 2.45) is 5.41 Å². The van der Waals surface area contributed by atoms with Gasteiger partial charge in [-0.05, 0) is 43.5 Å². The first kappa shape index (κ1) is 16.7. The fourth-order valence-electron chi connectivity index (χ4n) is 2.10. The molecule has 0 fully saturated rings. The van der Waals surface area contributed by atoms with Crippen molar-refractivity contribution in [2.45, 2.75) is 33.6 Å². The Labute approximate surface area is 127 Å². The summed E-state index contributed by atoms with van der Waals surface area (Å²) >= 11 is 3.35. The van der Waals surface area contributed by atoms with Crippen LogP contribution in [0.3, 0.4) is 0 Å². The highest BCUT2D eigenvalue weighted by molar-refractivity contribution is 9.10. The largest absolute Gasteiger partial charge is 0.481 e. The van der Waals surface area contributed by atoms with Gasteiger partial charge >= 0.3 is 5.97 Å². The van der Waals surface area contributed by atoms with E-state index in [4.69, 9.17) is 0 Å². The highest BCUT2D eigenvalue weighted by atomic mass is 79.9. The molecule has 5 heteroatoms. The molecule has 110 valence electrons. The summed E-state index contributed by atoms with van der Waals surface area (Å²) < 4.78 is 0.832. The van der Waals surface area contributed by atoms with Crippen LogP contribution in [-0.4, -0.2) is 23.5 Å². The molecule has 4 nitrogen and oxygen atoms in total. The van der Waals surface area contributed by atoms with Crippen LogP contribution < -0.4 is 5.32 Å². The maximum absolute atomic E-state index is 12.1. The molecule has 2 N–H and O–H groups in total. The molecular formula is C15H20BrNO3. The van der Waals surface area contributed by atoms with Crippen LogP contribution in [0.15, 0.2) is 22.7 Å². The van der Waals surface area contributed by atoms with E-state index in [0.29, 0.717) is 18.4 Å². The molecule has 0 radical (unpaired) electrons. The molecule has 0 saturated heterocycles. The van der Waals surface area contributed by atoms with Gasteiger partial charge in [0.05, 0.1) is 5.41 Å². The molecule has 0 spiro atoms. The minimum Gasteiger partial charge on any atom is -0.481 e. The maximum Gasteiger partial charge on any atom is 0.311 e. The Morgan fingerprint density at radius 3 is 2.30 bits per heavy atom. The second kappa shape index (κ2) is 6.88. The minimum absolute atomic E-state index is 0.139. The van der Waals surface area contributed by atoms with Gasteiger partial charge in [-0.25, -0.2) is 0 Å². The number of amides is 1. The van der Waals surface area contributed by atoms with Crippen LogP contribution in [0, 0.1) is 12.3 Å². The van der Waals surface area contributed by atoms with Crippen molar-refractivity contribution in [1.82, 2.24) is 5.32 Å². The van der Waals surface area contributed by atoms with E-state index in [1.165, 1.54) is 0 Å². The number of carboxylic acid groups (broad SMARTS) is 1. The lowest BCUT2D eigenvalue weighted by Crippen LogP contribution is -2.42. The summed E-state index contributed by atoms with van der Waals surface area (Å²) in [6, 6.07) is 5.42. The standard InChI is InChI=1S/C15H20BrNO3/c1-4-15(5-2,14(19)20)9-17-13(18)11-6-10(3)7-12(16)8-11/h6-8H,4-5,9H2,1-3H3,(H,17,18)(H,19,20). The topological polar surface area (TPSA) is 66.4 Å². The van der Waals surface area contributed by atoms with Crippen LogP contribution >= 0.6 is 15.9 Å². The number of carbonyl (C=O) groups is 2. The zero-order valence-electron chi connectivity index (χ0n) is 12.0. The minimum atomic E-state index is -0.892. The summed E-state index contributed by atoms with van der Waals surface area (Å²) in [5, 5.41) is 12.1. The molecule has 0 aliphatic rings. The van der Waals surface area contributed by atoms with E-state index in [2.05, 4.69) is 21.2 Å². The first-order valence-corrected chi connectivity index (χ1v) is 7.42. The summed E-state index contributed by atoms with van der Waals surface area (Å²) in [4.78, 5) is 23.5. The highest BCUT2D eigenvalue weighted by Gasteiger charge is 2.35. The van der Waals surface area contributed by atoms with E-state index in [0.717, 1.165) is 10.0 Å². The van der Waals surface area contributed by atoms with Gasteiger partial charge in [-0.1, -0.05) is 29.8 Å². The number of hydrogen-bond acceptors (Lipinski definition) is 2. The summed E-state index contributed by atoms with van der Waals surface area (Å²) in [6.45, 7) is 5.70. The van der Waals surface area contributed by atoms with Crippen molar-refractivity contribution < 1.29 is 14.7 Å². The van der Waals surface area contributed by atoms with Gasteiger partial charge < -0.3 is 10.4 Å². The molecule has 1 amide bonds. The van der Waals surface area contributed by atoms with Crippen molar-refractivity contribution in [2.75, 3.05) is 6.54 Å². The summed E-state index contributed by atoms with van der Waals surface area (Å²) in [5.41, 5.74) is 0.611. The molecule has 0 unspecified atom stereocenters. The quantitative estimate of drug-likeness (QED) is 0.833. The van der Waals surface area contributed by atoms with Gasteiger partial charge in [0.2, 0.25) is 0 Å². The normalized spacial score (nSPS) is 11.2. The molecule has 1 rings (SSSR count). The molecule has 0 atom stereocenters. The number of aliphatic carboxylic acids is 1. The summed E-state index contributed by atoms with van der Waals surface area (Å²) in [6.07, 6.45) is 0.966. The lowest BCUT2D eigenvalue weighted by Gasteiger charge is -2.26. The van der Waals surface area contributed by atoms with E-state index in [9.17, 15) is 14.7 Å². The van der Waals surface area contributed by atoms with Crippen molar-refractivity contribution >= 4 is 27.8 Å². The Bertz CT molecular complexity index is 490. The van der Waals surface area contributed by atoms with Crippen molar-refractivity contribution in [3.05, 3.63) is 33.8 Å². The Balaban J connectivity index is 2.83. The SMILES string of the molecule is CCC(CC)(CNC(=O)c1cc(C)cc(Br)c1)C(=O)O. The third-order valence-electron chi connectivity index (χ3n) is 3.70. The summed E-state index contributed by atoms with van der Waals surface area (Å²) in [5.74, 6) is -1.12. The number of hydrogen-bond donors (Lipinski definition) is 2. The Morgan fingerprint density at radius 1 is 1.25 bits per heavy atom. The van der Waals surface area contributed by atoms with Gasteiger partial charge in [-0.15, -0.1) is 0 Å². The molecule has 0 saturated carbocycles. The molecule has 0 bridgehead atoms. The van der Waals surface area contributed by atoms with E-state index in [1.807, 2.05) is 26.8 Å². The molecule has 0 aromatic heterocycles. The zero-order valence-corrected chi connectivity index (χ0v) is 13.6. The first-order valence-electron chi connectivity index (χ1n) is 6.63. The predicted octanol–water partition coefficient (Wildman–Crippen LogP) is 3.38. The lowest BCUT2D eigenvalue weighted by molar-refractivity contribution is -0.149. The molecule has 20 heavy (non-hydrogen) atoms. The fourth-order valence-corrected chi connectivity index (χ4v) is 2.70. The molecule has 0 aliphatic carbocycles. The third-order valence-corrected chi connectivity index (χ3v) is 4.16. The average Bonchev–Trinajstić information content (AvgIpc) is 2.38. The highest BCUT2D eigenvalue weighted by Crippen LogP contribution is 2.26. The van der Waals surface area contributed by atoms with E-state index in [-0.39, 0.29) is 12.5 Å². The van der Waals surface area contributed by atoms with Crippen LogP contribution in [0.1, 0.15) is 42.6 Å². The average molecular weight is 342 g/mol. The van der Waals surface area contributed by atoms with E-state index >= 15 is 0 Å². The van der Waals surface area contributed by atoms with Gasteiger partial charge in [-0.2, -0.15) is 0 Å². The number of carboxylic acids is 1. The molecule has 1 aromatic rings. The monoisotopic (exact) mass is 341 g/mol. The van der Waals surface area contributed by atoms with Crippen LogP contribution in [0.25, 0.3) is 0 Å². The molecule has 1 aromatic carbocycles. The van der Waals surface area contributed by atoms with E-state index in [1.54, 1.807) is 12.1 Å². The Morgan fingerprint density at radius 2 is 1.85 bits per heavy atom. The number of halogens is 1. The summed E-state index contributed by atoms with van der Waals surface area (Å²) in [7, 11) is 0. The number of rotatable bonds is 6. The Kier molecular flexibility index (Phi) is 5.74. The van der Waals surface area contributed by atoms with Crippen LogP contribution in [-0.2, 0) is 4.79 Å². The number of carbonyl (C=O) groups excluding carboxylic acids is 1. The van der Waals surface area contributed by atoms with Crippen molar-refractivity contribution in [3.63, 3.8) is 0 Å². The van der Waals surface area contributed by atoms with Gasteiger partial charge in [-0.3, -0.25) is 9.59 Å². The van der Waals surface area contributed by atoms with Crippen LogP contribution in [0.2, 0.25) is 0 Å². The van der Waals surface area contributed by atoms with Crippen molar-refractivity contribution in [3.8, 4) is 0 Å². The molecular weight excluding hydrogens is 322 g/mol. The smallest absolute Gasteiger partial charge is 0.311 e. The zero-order chi connectivity index (χ0) is 15.3. The Hall–Kier alpha value is -1.36. The fraction of sp³-hybridized carbons (Fsp3) is 0.467. The maximum atomic E-state index is 12.1. The van der Waals surface area contributed by atoms with Gasteiger partial charge in [0.1, 0.15) is 0 Å². The van der Waals surface area contributed by atoms with Crippen LogP contribution in [0.4, 0.5) is 0 Å². The van der Waals surface area contributed by atoms with Gasteiger partial charge in [0.25, 0.3) is 5.91 Å². The second-order valence-electron chi connectivity index (χ2n) is 4.99. The first-order chi connectivity index (χ1) is 9.34. The van der Waals surface area contributed by atoms with Crippen LogP contribution in [0.5, 0.6) is 0 Å². The van der Waals surface area contributed by atoms with E-state index < -0.39 is 11.4 Å². The predicted molar refractivity (Wildman–Crippen MR) is 81.9 cm³/mol.